The SMILES string of the molecule is O=C1C(CSc2nccnn2)[C@H]2N1C=CCS2=O. The molecule has 3 heterocycles. The molecule has 8 heteroatoms. The Morgan fingerprint density at radius 1 is 1.50 bits per heavy atom. The summed E-state index contributed by atoms with van der Waals surface area (Å²) < 4.78 is 11.8. The molecule has 3 rings (SSSR count). The Morgan fingerprint density at radius 2 is 2.39 bits per heavy atom. The molecule has 2 unspecified atom stereocenters. The molecule has 0 saturated carbocycles. The van der Waals surface area contributed by atoms with Gasteiger partial charge >= 0.3 is 0 Å². The van der Waals surface area contributed by atoms with Crippen LogP contribution in [0, 0.1) is 5.92 Å². The molecular weight excluding hydrogens is 272 g/mol. The number of thioether (sulfide) groups is 1. The molecule has 2 aliphatic heterocycles. The highest BCUT2D eigenvalue weighted by atomic mass is 32.2. The number of aromatic nitrogens is 3. The summed E-state index contributed by atoms with van der Waals surface area (Å²) >= 11 is 1.38. The van der Waals surface area contributed by atoms with Crippen LogP contribution in [-0.4, -0.2) is 47.1 Å². The van der Waals surface area contributed by atoms with E-state index in [9.17, 15) is 9.00 Å². The van der Waals surface area contributed by atoms with Crippen molar-refractivity contribution >= 4 is 28.5 Å². The molecule has 1 aromatic heterocycles. The summed E-state index contributed by atoms with van der Waals surface area (Å²) in [6, 6.07) is 0. The number of nitrogens with zero attached hydrogens (tertiary/aromatic N) is 4. The van der Waals surface area contributed by atoms with E-state index in [0.29, 0.717) is 16.7 Å². The summed E-state index contributed by atoms with van der Waals surface area (Å²) in [6.45, 7) is 0. The first-order valence-corrected chi connectivity index (χ1v) is 7.76. The molecule has 0 aliphatic carbocycles. The minimum atomic E-state index is -0.988. The Kier molecular flexibility index (Phi) is 3.13. The van der Waals surface area contributed by atoms with Crippen molar-refractivity contribution in [3.05, 3.63) is 24.7 Å². The zero-order valence-corrected chi connectivity index (χ0v) is 10.9. The molecule has 2 aliphatic rings. The quantitative estimate of drug-likeness (QED) is 0.575. The zero-order chi connectivity index (χ0) is 12.5. The van der Waals surface area contributed by atoms with Crippen molar-refractivity contribution in [1.29, 1.82) is 0 Å². The molecule has 18 heavy (non-hydrogen) atoms. The predicted octanol–water partition coefficient (Wildman–Crippen LogP) is 0.0242. The number of hydrogen-bond acceptors (Lipinski definition) is 6. The van der Waals surface area contributed by atoms with Gasteiger partial charge in [0, 0.05) is 28.5 Å². The van der Waals surface area contributed by atoms with Crippen molar-refractivity contribution < 1.29 is 9.00 Å². The van der Waals surface area contributed by atoms with Gasteiger partial charge in [0.25, 0.3) is 0 Å². The normalized spacial score (nSPS) is 29.9. The lowest BCUT2D eigenvalue weighted by atomic mass is 10.0. The number of β-lactam (4-membered cyclic amide) rings is 1. The monoisotopic (exact) mass is 282 g/mol. The number of hydrogen-bond donors (Lipinski definition) is 0. The average molecular weight is 282 g/mol. The minimum absolute atomic E-state index is 0.0284. The van der Waals surface area contributed by atoms with Gasteiger partial charge in [0.15, 0.2) is 0 Å². The highest BCUT2D eigenvalue weighted by Gasteiger charge is 2.50. The summed E-state index contributed by atoms with van der Waals surface area (Å²) in [5.41, 5.74) is 0. The first-order valence-electron chi connectivity index (χ1n) is 5.40. The van der Waals surface area contributed by atoms with Gasteiger partial charge in [-0.2, -0.15) is 5.10 Å². The standard InChI is InChI=1S/C10H10N4O2S2/c15-8-7(6-17-10-11-2-3-12-13-10)9-14(8)4-1-5-18(9)16/h1-4,7,9H,5-6H2/t7?,9-,18?/m0/s1. The predicted molar refractivity (Wildman–Crippen MR) is 66.8 cm³/mol. The lowest BCUT2D eigenvalue weighted by Crippen LogP contribution is -2.62. The lowest BCUT2D eigenvalue weighted by molar-refractivity contribution is -0.144. The van der Waals surface area contributed by atoms with Crippen LogP contribution in [0.1, 0.15) is 0 Å². The molecule has 0 aromatic carbocycles. The molecular formula is C10H10N4O2S2. The third-order valence-corrected chi connectivity index (χ3v) is 5.43. The van der Waals surface area contributed by atoms with Crippen LogP contribution in [-0.2, 0) is 15.6 Å². The fourth-order valence-electron chi connectivity index (χ4n) is 1.99. The van der Waals surface area contributed by atoms with Crippen LogP contribution < -0.4 is 0 Å². The van der Waals surface area contributed by atoms with E-state index in [4.69, 9.17) is 0 Å². The molecule has 1 aromatic rings. The molecule has 1 saturated heterocycles. The van der Waals surface area contributed by atoms with Crippen LogP contribution >= 0.6 is 11.8 Å². The number of fused-ring (bicyclic) bond motifs is 1. The number of amides is 1. The largest absolute Gasteiger partial charge is 0.303 e. The summed E-state index contributed by atoms with van der Waals surface area (Å²) in [5.74, 6) is 0.898. The van der Waals surface area contributed by atoms with Gasteiger partial charge in [-0.25, -0.2) is 4.98 Å². The van der Waals surface area contributed by atoms with Crippen LogP contribution in [0.3, 0.4) is 0 Å². The molecule has 0 spiro atoms. The highest BCUT2D eigenvalue weighted by Crippen LogP contribution is 2.35. The summed E-state index contributed by atoms with van der Waals surface area (Å²) in [5, 5.41) is 7.93. The van der Waals surface area contributed by atoms with Crippen LogP contribution in [0.4, 0.5) is 0 Å². The third kappa shape index (κ3) is 1.95. The summed E-state index contributed by atoms with van der Waals surface area (Å²) in [7, 11) is -0.988. The zero-order valence-electron chi connectivity index (χ0n) is 9.30. The van der Waals surface area contributed by atoms with Crippen molar-refractivity contribution in [3.8, 4) is 0 Å². The maximum absolute atomic E-state index is 11.8. The Labute approximate surface area is 110 Å². The van der Waals surface area contributed by atoms with E-state index < -0.39 is 10.8 Å². The van der Waals surface area contributed by atoms with Gasteiger partial charge < -0.3 is 4.90 Å². The van der Waals surface area contributed by atoms with E-state index >= 15 is 0 Å². The Morgan fingerprint density at radius 3 is 3.17 bits per heavy atom. The second-order valence-electron chi connectivity index (χ2n) is 3.91. The number of carbonyl (C=O) groups excluding carboxylic acids is 1. The fraction of sp³-hybridized carbons (Fsp3) is 0.400. The van der Waals surface area contributed by atoms with Gasteiger partial charge in [-0.05, 0) is 0 Å². The summed E-state index contributed by atoms with van der Waals surface area (Å²) in [4.78, 5) is 17.4. The maximum atomic E-state index is 11.8. The van der Waals surface area contributed by atoms with Crippen molar-refractivity contribution in [1.82, 2.24) is 20.1 Å². The van der Waals surface area contributed by atoms with E-state index in [1.807, 2.05) is 0 Å². The van der Waals surface area contributed by atoms with Gasteiger partial charge in [0.2, 0.25) is 11.1 Å². The number of rotatable bonds is 3. The second-order valence-corrected chi connectivity index (χ2v) is 6.48. The van der Waals surface area contributed by atoms with Crippen molar-refractivity contribution in [2.45, 2.75) is 10.5 Å². The lowest BCUT2D eigenvalue weighted by Gasteiger charge is -2.45. The van der Waals surface area contributed by atoms with Crippen molar-refractivity contribution in [3.63, 3.8) is 0 Å². The maximum Gasteiger partial charge on any atom is 0.234 e. The molecule has 0 N–H and O–H groups in total. The smallest absolute Gasteiger partial charge is 0.234 e. The Balaban J connectivity index is 1.66. The first-order chi connectivity index (χ1) is 8.77. The van der Waals surface area contributed by atoms with Crippen LogP contribution in [0.25, 0.3) is 0 Å². The van der Waals surface area contributed by atoms with Crippen LogP contribution in [0.5, 0.6) is 0 Å². The first kappa shape index (κ1) is 11.8. The van der Waals surface area contributed by atoms with Gasteiger partial charge in [-0.15, -0.1) is 5.10 Å². The van der Waals surface area contributed by atoms with Crippen LogP contribution in [0.15, 0.2) is 29.8 Å². The van der Waals surface area contributed by atoms with E-state index in [1.165, 1.54) is 18.0 Å². The van der Waals surface area contributed by atoms with Gasteiger partial charge in [-0.1, -0.05) is 17.8 Å². The molecule has 1 fully saturated rings. The van der Waals surface area contributed by atoms with Crippen LogP contribution in [0.2, 0.25) is 0 Å². The average Bonchev–Trinajstić information content (AvgIpc) is 2.40. The molecule has 1 amide bonds. The molecule has 0 radical (unpaired) electrons. The van der Waals surface area contributed by atoms with Gasteiger partial charge in [0.1, 0.15) is 5.37 Å². The minimum Gasteiger partial charge on any atom is -0.303 e. The topological polar surface area (TPSA) is 76.1 Å². The van der Waals surface area contributed by atoms with Crippen molar-refractivity contribution in [2.75, 3.05) is 11.5 Å². The molecule has 94 valence electrons. The van der Waals surface area contributed by atoms with E-state index in [2.05, 4.69) is 15.2 Å². The molecule has 6 nitrogen and oxygen atoms in total. The van der Waals surface area contributed by atoms with Gasteiger partial charge in [-0.3, -0.25) is 9.00 Å². The van der Waals surface area contributed by atoms with Gasteiger partial charge in [0.05, 0.1) is 18.3 Å². The highest BCUT2D eigenvalue weighted by molar-refractivity contribution is 7.99. The molecule has 3 atom stereocenters. The second kappa shape index (κ2) is 4.77. The fourth-order valence-corrected chi connectivity index (χ4v) is 4.48. The number of carbonyl (C=O) groups is 1. The third-order valence-electron chi connectivity index (χ3n) is 2.84. The van der Waals surface area contributed by atoms with E-state index in [-0.39, 0.29) is 17.2 Å². The summed E-state index contributed by atoms with van der Waals surface area (Å²) in [6.07, 6.45) is 6.57. The Hall–Kier alpha value is -1.28. The molecule has 0 bridgehead atoms. The van der Waals surface area contributed by atoms with Crippen molar-refractivity contribution in [2.24, 2.45) is 5.92 Å². The Bertz CT molecular complexity index is 522. The van der Waals surface area contributed by atoms with E-state index in [1.54, 1.807) is 23.4 Å². The van der Waals surface area contributed by atoms with E-state index in [0.717, 1.165) is 0 Å².